The van der Waals surface area contributed by atoms with Crippen LogP contribution in [-0.2, 0) is 4.79 Å². The van der Waals surface area contributed by atoms with Gasteiger partial charge in [0.2, 0.25) is 5.91 Å². The maximum atomic E-state index is 12.8. The second kappa shape index (κ2) is 11.7. The van der Waals surface area contributed by atoms with Crippen molar-refractivity contribution in [3.05, 3.63) is 90.0 Å². The number of para-hydroxylation sites is 1. The third-order valence-electron chi connectivity index (χ3n) is 5.41. The van der Waals surface area contributed by atoms with Crippen LogP contribution in [0.25, 0.3) is 0 Å². The van der Waals surface area contributed by atoms with Gasteiger partial charge in [-0.2, -0.15) is 0 Å². The molecule has 0 fully saturated rings. The maximum absolute atomic E-state index is 12.8. The van der Waals surface area contributed by atoms with Crippen LogP contribution in [0.3, 0.4) is 0 Å². The van der Waals surface area contributed by atoms with Crippen molar-refractivity contribution in [2.75, 3.05) is 29.1 Å². The maximum Gasteiger partial charge on any atom is 0.258 e. The van der Waals surface area contributed by atoms with Crippen LogP contribution in [0, 0.1) is 0 Å². The Morgan fingerprint density at radius 3 is 2.21 bits per heavy atom. The molecule has 0 aliphatic rings. The van der Waals surface area contributed by atoms with Gasteiger partial charge < -0.3 is 20.9 Å². The second-order valence-corrected chi connectivity index (χ2v) is 8.05. The highest BCUT2D eigenvalue weighted by Gasteiger charge is 2.14. The molecule has 34 heavy (non-hydrogen) atoms. The van der Waals surface area contributed by atoms with E-state index in [1.54, 1.807) is 60.5 Å². The van der Waals surface area contributed by atoms with Gasteiger partial charge in [0.15, 0.2) is 0 Å². The summed E-state index contributed by atoms with van der Waals surface area (Å²) in [6, 6.07) is 23.3. The number of carbonyl (C=O) groups excluding carboxylic acids is 3. The highest BCUT2D eigenvalue weighted by atomic mass is 16.2. The van der Waals surface area contributed by atoms with Crippen LogP contribution >= 0.6 is 0 Å². The van der Waals surface area contributed by atoms with E-state index in [0.29, 0.717) is 22.5 Å². The largest absolute Gasteiger partial charge is 0.376 e. The average Bonchev–Trinajstić information content (AvgIpc) is 2.87. The van der Waals surface area contributed by atoms with Crippen LogP contribution in [0.15, 0.2) is 78.9 Å². The molecule has 3 rings (SSSR count). The fraction of sp³-hybridized carbons (Fsp3) is 0.222. The quantitative estimate of drug-likeness (QED) is 0.439. The van der Waals surface area contributed by atoms with Crippen LogP contribution < -0.4 is 20.9 Å². The van der Waals surface area contributed by atoms with Gasteiger partial charge in [-0.15, -0.1) is 0 Å². The van der Waals surface area contributed by atoms with Crippen molar-refractivity contribution in [1.82, 2.24) is 5.32 Å². The highest BCUT2D eigenvalue weighted by molar-refractivity contribution is 6.06. The molecule has 0 aliphatic carbocycles. The molecule has 7 heteroatoms. The van der Waals surface area contributed by atoms with Crippen LogP contribution in [0.4, 0.5) is 17.1 Å². The van der Waals surface area contributed by atoms with E-state index in [0.717, 1.165) is 12.1 Å². The van der Waals surface area contributed by atoms with Gasteiger partial charge >= 0.3 is 0 Å². The first kappa shape index (κ1) is 24.5. The van der Waals surface area contributed by atoms with E-state index in [2.05, 4.69) is 16.0 Å². The zero-order valence-electron chi connectivity index (χ0n) is 19.7. The summed E-state index contributed by atoms with van der Waals surface area (Å²) < 4.78 is 0. The Labute approximate surface area is 200 Å². The van der Waals surface area contributed by atoms with E-state index in [9.17, 15) is 14.4 Å². The van der Waals surface area contributed by atoms with Crippen molar-refractivity contribution < 1.29 is 14.4 Å². The van der Waals surface area contributed by atoms with Crippen LogP contribution in [0.5, 0.6) is 0 Å². The predicted octanol–water partition coefficient (Wildman–Crippen LogP) is 4.54. The number of rotatable bonds is 9. The molecule has 0 heterocycles. The number of nitrogens with zero attached hydrogens (tertiary/aromatic N) is 1. The van der Waals surface area contributed by atoms with E-state index < -0.39 is 0 Å². The minimum absolute atomic E-state index is 0.0124. The topological polar surface area (TPSA) is 90.5 Å². The summed E-state index contributed by atoms with van der Waals surface area (Å²) in [5, 5.41) is 8.77. The molecule has 1 unspecified atom stereocenters. The molecule has 0 bridgehead atoms. The molecule has 3 aromatic rings. The highest BCUT2D eigenvalue weighted by Crippen LogP contribution is 2.18. The second-order valence-electron chi connectivity index (χ2n) is 8.05. The summed E-state index contributed by atoms with van der Waals surface area (Å²) in [7, 11) is 1.71. The van der Waals surface area contributed by atoms with Crippen molar-refractivity contribution in [3.8, 4) is 0 Å². The van der Waals surface area contributed by atoms with E-state index in [1.165, 1.54) is 0 Å². The first-order valence-corrected chi connectivity index (χ1v) is 11.2. The van der Waals surface area contributed by atoms with Crippen molar-refractivity contribution in [2.45, 2.75) is 26.3 Å². The first-order valence-electron chi connectivity index (χ1n) is 11.2. The Morgan fingerprint density at radius 1 is 0.853 bits per heavy atom. The monoisotopic (exact) mass is 458 g/mol. The Bertz CT molecular complexity index is 1150. The standard InChI is InChI=1S/C27H30N4O3/c1-4-19(2)29-26(33)20-10-8-12-22(16-20)28-18-25(32)30-23-13-9-11-21(17-23)27(34)31(3)24-14-6-5-7-15-24/h5-17,19,28H,4,18H2,1-3H3,(H,29,33)(H,30,32). The molecule has 1 atom stereocenters. The van der Waals surface area contributed by atoms with Crippen LogP contribution in [0.1, 0.15) is 41.0 Å². The number of carbonyl (C=O) groups is 3. The molecular formula is C27H30N4O3. The van der Waals surface area contributed by atoms with E-state index >= 15 is 0 Å². The summed E-state index contributed by atoms with van der Waals surface area (Å²) in [5.74, 6) is -0.590. The minimum atomic E-state index is -0.268. The molecule has 0 aromatic heterocycles. The van der Waals surface area contributed by atoms with Crippen LogP contribution in [0.2, 0.25) is 0 Å². The molecule has 7 nitrogen and oxygen atoms in total. The zero-order valence-corrected chi connectivity index (χ0v) is 19.7. The Morgan fingerprint density at radius 2 is 1.50 bits per heavy atom. The third kappa shape index (κ3) is 6.68. The number of hydrogen-bond acceptors (Lipinski definition) is 4. The molecule has 3 N–H and O–H groups in total. The summed E-state index contributed by atoms with van der Waals surface area (Å²) in [6.45, 7) is 3.97. The van der Waals surface area contributed by atoms with Crippen molar-refractivity contribution in [2.24, 2.45) is 0 Å². The lowest BCUT2D eigenvalue weighted by atomic mass is 10.1. The van der Waals surface area contributed by atoms with Gasteiger partial charge in [-0.1, -0.05) is 37.3 Å². The van der Waals surface area contributed by atoms with Crippen LogP contribution in [-0.4, -0.2) is 37.4 Å². The molecule has 0 saturated heterocycles. The normalized spacial score (nSPS) is 11.3. The summed E-state index contributed by atoms with van der Waals surface area (Å²) in [5.41, 5.74) is 2.98. The molecule has 0 spiro atoms. The number of hydrogen-bond donors (Lipinski definition) is 3. The first-order chi connectivity index (χ1) is 16.4. The van der Waals surface area contributed by atoms with Crippen molar-refractivity contribution >= 4 is 34.8 Å². The smallest absolute Gasteiger partial charge is 0.258 e. The Kier molecular flexibility index (Phi) is 8.40. The molecule has 3 aromatic carbocycles. The van der Waals surface area contributed by atoms with E-state index in [-0.39, 0.29) is 30.3 Å². The lowest BCUT2D eigenvalue weighted by molar-refractivity contribution is -0.114. The predicted molar refractivity (Wildman–Crippen MR) is 136 cm³/mol. The number of amides is 3. The van der Waals surface area contributed by atoms with E-state index in [4.69, 9.17) is 0 Å². The Balaban J connectivity index is 1.58. The number of benzene rings is 3. The molecule has 0 aliphatic heterocycles. The lowest BCUT2D eigenvalue weighted by Gasteiger charge is -2.18. The molecule has 0 saturated carbocycles. The Hall–Kier alpha value is -4.13. The van der Waals surface area contributed by atoms with Crippen molar-refractivity contribution in [1.29, 1.82) is 0 Å². The van der Waals surface area contributed by atoms with Crippen molar-refractivity contribution in [3.63, 3.8) is 0 Å². The molecule has 3 amide bonds. The SMILES string of the molecule is CCC(C)NC(=O)c1cccc(NCC(=O)Nc2cccc(C(=O)N(C)c3ccccc3)c2)c1. The fourth-order valence-corrected chi connectivity index (χ4v) is 3.26. The van der Waals surface area contributed by atoms with Gasteiger partial charge in [0.25, 0.3) is 11.8 Å². The van der Waals surface area contributed by atoms with Gasteiger partial charge in [0, 0.05) is 41.3 Å². The van der Waals surface area contributed by atoms with E-state index in [1.807, 2.05) is 44.2 Å². The summed E-state index contributed by atoms with van der Waals surface area (Å²) in [4.78, 5) is 39.2. The lowest BCUT2D eigenvalue weighted by Crippen LogP contribution is -2.31. The van der Waals surface area contributed by atoms with Gasteiger partial charge in [0.05, 0.1) is 6.54 Å². The zero-order chi connectivity index (χ0) is 24.5. The molecule has 176 valence electrons. The summed E-state index contributed by atoms with van der Waals surface area (Å²) in [6.07, 6.45) is 0.846. The van der Waals surface area contributed by atoms with Gasteiger partial charge in [-0.05, 0) is 61.9 Å². The summed E-state index contributed by atoms with van der Waals surface area (Å²) >= 11 is 0. The fourth-order valence-electron chi connectivity index (χ4n) is 3.26. The van der Waals surface area contributed by atoms with Gasteiger partial charge in [0.1, 0.15) is 0 Å². The van der Waals surface area contributed by atoms with Gasteiger partial charge in [-0.3, -0.25) is 14.4 Å². The average molecular weight is 459 g/mol. The van der Waals surface area contributed by atoms with Gasteiger partial charge in [-0.25, -0.2) is 0 Å². The molecule has 0 radical (unpaired) electrons. The molecular weight excluding hydrogens is 428 g/mol. The number of nitrogens with one attached hydrogen (secondary N) is 3. The minimum Gasteiger partial charge on any atom is -0.376 e. The third-order valence-corrected chi connectivity index (χ3v) is 5.41. The number of anilines is 3.